The maximum absolute atomic E-state index is 5.69. The Labute approximate surface area is 178 Å². The molecular formula is C24H20N6O. The number of rotatable bonds is 4. The number of aromatic amines is 2. The predicted octanol–water partition coefficient (Wildman–Crippen LogP) is 4.89. The molecule has 3 heterocycles. The molecule has 0 radical (unpaired) electrons. The zero-order chi connectivity index (χ0) is 20.9. The highest BCUT2D eigenvalue weighted by Gasteiger charge is 2.06. The first-order valence-electron chi connectivity index (χ1n) is 9.89. The average Bonchev–Trinajstić information content (AvgIpc) is 3.57. The van der Waals surface area contributed by atoms with Crippen LogP contribution in [0.25, 0.3) is 28.0 Å². The van der Waals surface area contributed by atoms with E-state index in [1.54, 1.807) is 12.7 Å². The minimum atomic E-state index is 0.428. The number of nitrogens with zero attached hydrogens (tertiary/aromatic N) is 4. The topological polar surface area (TPSA) is 84.4 Å². The van der Waals surface area contributed by atoms with Crippen molar-refractivity contribution in [3.05, 3.63) is 103 Å². The van der Waals surface area contributed by atoms with Gasteiger partial charge in [0.05, 0.1) is 34.1 Å². The molecule has 152 valence electrons. The molecule has 3 aromatic heterocycles. The van der Waals surface area contributed by atoms with Crippen LogP contribution in [-0.2, 0) is 6.61 Å². The van der Waals surface area contributed by atoms with Crippen LogP contribution in [0, 0.1) is 0 Å². The second-order valence-corrected chi connectivity index (χ2v) is 6.87. The lowest BCUT2D eigenvalue weighted by Crippen LogP contribution is -1.96. The van der Waals surface area contributed by atoms with Crippen molar-refractivity contribution < 1.29 is 4.74 Å². The lowest BCUT2D eigenvalue weighted by atomic mass is 10.3. The number of para-hydroxylation sites is 5. The Balaban J connectivity index is 0.000000189. The average molecular weight is 408 g/mol. The Morgan fingerprint density at radius 2 is 1.52 bits per heavy atom. The van der Waals surface area contributed by atoms with Gasteiger partial charge < -0.3 is 14.7 Å². The van der Waals surface area contributed by atoms with Crippen molar-refractivity contribution in [2.45, 2.75) is 6.61 Å². The molecule has 0 aliphatic rings. The van der Waals surface area contributed by atoms with Crippen LogP contribution in [0.4, 0.5) is 0 Å². The standard InChI is InChI=1S/C17H14N4O.C7H6N2/c1-2-6-14(7-3-1)22-11-13-10-21(12-18-13)17-19-15-8-4-5-9-16(15)20-17;1-2-4-7-6(3-1)8-5-9-7/h1-10,12H,11H2,(H,19,20);1-5H,(H,8,9). The summed E-state index contributed by atoms with van der Waals surface area (Å²) in [4.78, 5) is 19.2. The van der Waals surface area contributed by atoms with E-state index in [-0.39, 0.29) is 0 Å². The molecule has 7 nitrogen and oxygen atoms in total. The number of aromatic nitrogens is 6. The summed E-state index contributed by atoms with van der Waals surface area (Å²) in [7, 11) is 0. The molecule has 2 N–H and O–H groups in total. The van der Waals surface area contributed by atoms with Crippen LogP contribution in [0.2, 0.25) is 0 Å². The van der Waals surface area contributed by atoms with E-state index in [0.717, 1.165) is 39.5 Å². The Hall–Kier alpha value is -4.39. The Morgan fingerprint density at radius 3 is 2.32 bits per heavy atom. The van der Waals surface area contributed by atoms with Gasteiger partial charge in [-0.3, -0.25) is 4.57 Å². The number of imidazole rings is 3. The van der Waals surface area contributed by atoms with Gasteiger partial charge in [0.25, 0.3) is 0 Å². The molecule has 0 bridgehead atoms. The lowest BCUT2D eigenvalue weighted by molar-refractivity contribution is 0.302. The van der Waals surface area contributed by atoms with Crippen LogP contribution >= 0.6 is 0 Å². The molecule has 0 atom stereocenters. The molecule has 0 saturated carbocycles. The third kappa shape index (κ3) is 4.30. The minimum Gasteiger partial charge on any atom is -0.487 e. The first kappa shape index (κ1) is 18.6. The fraction of sp³-hybridized carbons (Fsp3) is 0.0417. The minimum absolute atomic E-state index is 0.428. The van der Waals surface area contributed by atoms with Gasteiger partial charge in [-0.1, -0.05) is 42.5 Å². The second-order valence-electron chi connectivity index (χ2n) is 6.87. The fourth-order valence-electron chi connectivity index (χ4n) is 3.17. The first-order valence-corrected chi connectivity index (χ1v) is 9.89. The first-order chi connectivity index (χ1) is 15.3. The third-order valence-corrected chi connectivity index (χ3v) is 4.72. The van der Waals surface area contributed by atoms with E-state index in [0.29, 0.717) is 6.61 Å². The Kier molecular flexibility index (Phi) is 5.13. The molecule has 0 fully saturated rings. The van der Waals surface area contributed by atoms with Crippen molar-refractivity contribution >= 4 is 22.1 Å². The normalized spacial score (nSPS) is 10.7. The maximum atomic E-state index is 5.69. The van der Waals surface area contributed by atoms with Crippen LogP contribution in [0.15, 0.2) is 97.7 Å². The summed E-state index contributed by atoms with van der Waals surface area (Å²) < 4.78 is 7.56. The molecule has 0 saturated heterocycles. The van der Waals surface area contributed by atoms with Crippen molar-refractivity contribution in [2.75, 3.05) is 0 Å². The summed E-state index contributed by atoms with van der Waals surface area (Å²) in [6.45, 7) is 0.428. The van der Waals surface area contributed by atoms with Crippen LogP contribution in [0.1, 0.15) is 5.69 Å². The van der Waals surface area contributed by atoms with Gasteiger partial charge >= 0.3 is 0 Å². The zero-order valence-electron chi connectivity index (χ0n) is 16.6. The van der Waals surface area contributed by atoms with Gasteiger partial charge in [0.2, 0.25) is 5.95 Å². The second kappa shape index (κ2) is 8.54. The van der Waals surface area contributed by atoms with Crippen LogP contribution in [0.5, 0.6) is 5.75 Å². The molecule has 31 heavy (non-hydrogen) atoms. The zero-order valence-corrected chi connectivity index (χ0v) is 16.6. The highest BCUT2D eigenvalue weighted by molar-refractivity contribution is 5.76. The number of benzene rings is 3. The smallest absolute Gasteiger partial charge is 0.213 e. The summed E-state index contributed by atoms with van der Waals surface area (Å²) >= 11 is 0. The Morgan fingerprint density at radius 1 is 0.774 bits per heavy atom. The number of hydrogen-bond acceptors (Lipinski definition) is 4. The predicted molar refractivity (Wildman–Crippen MR) is 120 cm³/mol. The number of hydrogen-bond donors (Lipinski definition) is 2. The van der Waals surface area contributed by atoms with Crippen molar-refractivity contribution in [2.24, 2.45) is 0 Å². The molecule has 0 spiro atoms. The van der Waals surface area contributed by atoms with Gasteiger partial charge in [0.15, 0.2) is 0 Å². The van der Waals surface area contributed by atoms with E-state index in [1.807, 2.05) is 89.6 Å². The van der Waals surface area contributed by atoms with Gasteiger partial charge in [-0.25, -0.2) is 15.0 Å². The number of ether oxygens (including phenoxy) is 1. The van der Waals surface area contributed by atoms with Crippen LogP contribution in [0.3, 0.4) is 0 Å². The summed E-state index contributed by atoms with van der Waals surface area (Å²) in [5.41, 5.74) is 4.92. The van der Waals surface area contributed by atoms with E-state index < -0.39 is 0 Å². The number of H-pyrrole nitrogens is 2. The van der Waals surface area contributed by atoms with E-state index in [1.165, 1.54) is 0 Å². The highest BCUT2D eigenvalue weighted by atomic mass is 16.5. The number of fused-ring (bicyclic) bond motifs is 2. The summed E-state index contributed by atoms with van der Waals surface area (Å²) in [5, 5.41) is 0. The highest BCUT2D eigenvalue weighted by Crippen LogP contribution is 2.15. The SMILES string of the molecule is c1ccc(OCc2cn(-c3nc4ccccc4[nH]3)cn2)cc1.c1ccc2[nH]cnc2c1. The quantitative estimate of drug-likeness (QED) is 0.435. The molecule has 3 aromatic carbocycles. The molecule has 0 amide bonds. The van der Waals surface area contributed by atoms with Gasteiger partial charge in [-0.15, -0.1) is 0 Å². The van der Waals surface area contributed by atoms with Crippen molar-refractivity contribution in [3.8, 4) is 11.7 Å². The number of nitrogens with one attached hydrogen (secondary N) is 2. The fourth-order valence-corrected chi connectivity index (χ4v) is 3.17. The summed E-state index contributed by atoms with van der Waals surface area (Å²) in [5.74, 6) is 1.58. The summed E-state index contributed by atoms with van der Waals surface area (Å²) in [6, 6.07) is 25.6. The van der Waals surface area contributed by atoms with E-state index in [9.17, 15) is 0 Å². The molecular weight excluding hydrogens is 388 g/mol. The largest absolute Gasteiger partial charge is 0.487 e. The molecule has 7 heteroatoms. The van der Waals surface area contributed by atoms with E-state index in [4.69, 9.17) is 4.74 Å². The molecule has 6 rings (SSSR count). The van der Waals surface area contributed by atoms with Gasteiger partial charge in [0, 0.05) is 6.20 Å². The lowest BCUT2D eigenvalue weighted by Gasteiger charge is -2.02. The van der Waals surface area contributed by atoms with Crippen molar-refractivity contribution in [1.29, 1.82) is 0 Å². The monoisotopic (exact) mass is 408 g/mol. The molecule has 0 unspecified atom stereocenters. The van der Waals surface area contributed by atoms with Crippen LogP contribution < -0.4 is 4.74 Å². The van der Waals surface area contributed by atoms with Gasteiger partial charge in [0.1, 0.15) is 18.7 Å². The molecule has 0 aliphatic carbocycles. The van der Waals surface area contributed by atoms with E-state index in [2.05, 4.69) is 24.9 Å². The van der Waals surface area contributed by atoms with Crippen molar-refractivity contribution in [1.82, 2.24) is 29.5 Å². The molecule has 0 aliphatic heterocycles. The van der Waals surface area contributed by atoms with Gasteiger partial charge in [-0.05, 0) is 36.4 Å². The van der Waals surface area contributed by atoms with Crippen molar-refractivity contribution in [3.63, 3.8) is 0 Å². The summed E-state index contributed by atoms with van der Waals surface area (Å²) in [6.07, 6.45) is 5.35. The van der Waals surface area contributed by atoms with E-state index >= 15 is 0 Å². The van der Waals surface area contributed by atoms with Crippen LogP contribution in [-0.4, -0.2) is 29.5 Å². The van der Waals surface area contributed by atoms with Gasteiger partial charge in [-0.2, -0.15) is 0 Å². The molecule has 6 aromatic rings. The Bertz CT molecular complexity index is 1340. The third-order valence-electron chi connectivity index (χ3n) is 4.72. The maximum Gasteiger partial charge on any atom is 0.213 e.